The van der Waals surface area contributed by atoms with Crippen LogP contribution in [0, 0.1) is 17.3 Å². The molecule has 0 fully saturated rings. The van der Waals surface area contributed by atoms with Crippen LogP contribution in [0.3, 0.4) is 0 Å². The van der Waals surface area contributed by atoms with Crippen LogP contribution in [0.2, 0.25) is 0 Å². The summed E-state index contributed by atoms with van der Waals surface area (Å²) in [5.41, 5.74) is 0.751. The Kier molecular flexibility index (Phi) is 2.60. The van der Waals surface area contributed by atoms with E-state index in [2.05, 4.69) is 0 Å². The first kappa shape index (κ1) is 11.9. The minimum absolute atomic E-state index is 0.0611. The van der Waals surface area contributed by atoms with Crippen LogP contribution >= 0.6 is 0 Å². The minimum atomic E-state index is -0.435. The van der Waals surface area contributed by atoms with Gasteiger partial charge in [-0.2, -0.15) is 0 Å². The fourth-order valence-corrected chi connectivity index (χ4v) is 2.88. The van der Waals surface area contributed by atoms with Gasteiger partial charge in [0.15, 0.2) is 0 Å². The van der Waals surface area contributed by atoms with Gasteiger partial charge in [0.25, 0.3) is 0 Å². The topological polar surface area (TPSA) is 52.6 Å². The number of methoxy groups -OCH3 is 2. The molecule has 2 rings (SSSR count). The summed E-state index contributed by atoms with van der Waals surface area (Å²) in [5.74, 6) is -0.992. The highest BCUT2D eigenvalue weighted by molar-refractivity contribution is 6.03. The number of esters is 2. The van der Waals surface area contributed by atoms with Gasteiger partial charge >= 0.3 is 11.9 Å². The van der Waals surface area contributed by atoms with Crippen molar-refractivity contribution in [1.82, 2.24) is 0 Å². The first-order valence-electron chi connectivity index (χ1n) is 5.54. The molecule has 17 heavy (non-hydrogen) atoms. The van der Waals surface area contributed by atoms with Crippen LogP contribution in [0.4, 0.5) is 0 Å². The van der Waals surface area contributed by atoms with Crippen molar-refractivity contribution < 1.29 is 19.1 Å². The SMILES string of the molecule is COC(=O)C1=C(C(=O)OC)C2C=CC1C2(C)C. The largest absolute Gasteiger partial charge is 0.466 e. The lowest BCUT2D eigenvalue weighted by atomic mass is 9.77. The zero-order valence-electron chi connectivity index (χ0n) is 10.4. The summed E-state index contributed by atoms with van der Waals surface area (Å²) in [6.07, 6.45) is 3.95. The van der Waals surface area contributed by atoms with E-state index in [0.717, 1.165) is 0 Å². The summed E-state index contributed by atoms with van der Waals surface area (Å²) >= 11 is 0. The molecule has 0 aliphatic heterocycles. The van der Waals surface area contributed by atoms with Gasteiger partial charge in [-0.1, -0.05) is 26.0 Å². The molecule has 4 nitrogen and oxygen atoms in total. The van der Waals surface area contributed by atoms with E-state index in [4.69, 9.17) is 9.47 Å². The monoisotopic (exact) mass is 236 g/mol. The van der Waals surface area contributed by atoms with Crippen molar-refractivity contribution in [1.29, 1.82) is 0 Å². The summed E-state index contributed by atoms with van der Waals surface area (Å²) in [6.45, 7) is 4.09. The summed E-state index contributed by atoms with van der Waals surface area (Å²) in [6, 6.07) is 0. The molecular weight excluding hydrogens is 220 g/mol. The molecule has 0 amide bonds. The van der Waals surface area contributed by atoms with Crippen molar-refractivity contribution in [3.05, 3.63) is 23.3 Å². The zero-order chi connectivity index (χ0) is 12.8. The van der Waals surface area contributed by atoms with E-state index in [1.54, 1.807) is 0 Å². The second kappa shape index (κ2) is 3.72. The van der Waals surface area contributed by atoms with Gasteiger partial charge in [0, 0.05) is 11.8 Å². The third kappa shape index (κ3) is 1.43. The number of carbonyl (C=O) groups is 2. The van der Waals surface area contributed by atoms with E-state index in [0.29, 0.717) is 11.1 Å². The molecule has 2 bridgehead atoms. The number of hydrogen-bond donors (Lipinski definition) is 0. The molecule has 2 unspecified atom stereocenters. The van der Waals surface area contributed by atoms with Crippen molar-refractivity contribution in [3.8, 4) is 0 Å². The Morgan fingerprint density at radius 3 is 1.65 bits per heavy atom. The number of carbonyl (C=O) groups excluding carboxylic acids is 2. The van der Waals surface area contributed by atoms with Crippen LogP contribution in [-0.2, 0) is 19.1 Å². The first-order valence-corrected chi connectivity index (χ1v) is 5.54. The van der Waals surface area contributed by atoms with Gasteiger partial charge < -0.3 is 9.47 Å². The molecule has 0 aromatic heterocycles. The van der Waals surface area contributed by atoms with Crippen LogP contribution in [-0.4, -0.2) is 26.2 Å². The maximum atomic E-state index is 11.8. The van der Waals surface area contributed by atoms with E-state index in [1.165, 1.54) is 14.2 Å². The fourth-order valence-electron chi connectivity index (χ4n) is 2.88. The Morgan fingerprint density at radius 2 is 1.35 bits per heavy atom. The van der Waals surface area contributed by atoms with Crippen LogP contribution in [0.25, 0.3) is 0 Å². The maximum absolute atomic E-state index is 11.8. The summed E-state index contributed by atoms with van der Waals surface area (Å²) in [7, 11) is 2.65. The van der Waals surface area contributed by atoms with Crippen LogP contribution < -0.4 is 0 Å². The van der Waals surface area contributed by atoms with E-state index in [-0.39, 0.29) is 17.3 Å². The number of allylic oxidation sites excluding steroid dienone is 2. The van der Waals surface area contributed by atoms with Gasteiger partial charge in [0.2, 0.25) is 0 Å². The fraction of sp³-hybridized carbons (Fsp3) is 0.538. The Morgan fingerprint density at radius 1 is 1.00 bits per heavy atom. The number of fused-ring (bicyclic) bond motifs is 2. The molecular formula is C13H16O4. The lowest BCUT2D eigenvalue weighted by Gasteiger charge is -2.25. The molecule has 2 aliphatic rings. The molecule has 2 atom stereocenters. The molecule has 0 spiro atoms. The van der Waals surface area contributed by atoms with Crippen LogP contribution in [0.15, 0.2) is 23.3 Å². The smallest absolute Gasteiger partial charge is 0.334 e. The van der Waals surface area contributed by atoms with Gasteiger partial charge in [-0.25, -0.2) is 9.59 Å². The quantitative estimate of drug-likeness (QED) is 0.538. The number of hydrogen-bond acceptors (Lipinski definition) is 4. The summed E-state index contributed by atoms with van der Waals surface area (Å²) in [5, 5.41) is 0. The highest BCUT2D eigenvalue weighted by Gasteiger charge is 2.54. The van der Waals surface area contributed by atoms with E-state index in [9.17, 15) is 9.59 Å². The van der Waals surface area contributed by atoms with Crippen LogP contribution in [0.5, 0.6) is 0 Å². The third-order valence-corrected chi connectivity index (χ3v) is 3.82. The Labute approximate surface area is 100 Å². The Bertz CT molecular complexity index is 404. The van der Waals surface area contributed by atoms with Crippen molar-refractivity contribution in [2.75, 3.05) is 14.2 Å². The van der Waals surface area contributed by atoms with Crippen molar-refractivity contribution in [2.45, 2.75) is 13.8 Å². The Hall–Kier alpha value is -1.58. The van der Waals surface area contributed by atoms with E-state index in [1.807, 2.05) is 26.0 Å². The molecule has 4 heteroatoms. The second-order valence-corrected chi connectivity index (χ2v) is 4.97. The van der Waals surface area contributed by atoms with Crippen LogP contribution in [0.1, 0.15) is 13.8 Å². The lowest BCUT2D eigenvalue weighted by Crippen LogP contribution is -2.23. The van der Waals surface area contributed by atoms with E-state index >= 15 is 0 Å². The van der Waals surface area contributed by atoms with Crippen molar-refractivity contribution in [3.63, 3.8) is 0 Å². The normalized spacial score (nSPS) is 28.5. The molecule has 0 saturated carbocycles. The predicted molar refractivity (Wildman–Crippen MR) is 61.0 cm³/mol. The average Bonchev–Trinajstić information content (AvgIpc) is 2.73. The zero-order valence-corrected chi connectivity index (χ0v) is 10.4. The third-order valence-electron chi connectivity index (χ3n) is 3.82. The standard InChI is InChI=1S/C13H16O4/c1-13(2)7-5-6-8(13)10(12(15)17-4)9(7)11(14)16-3/h5-8H,1-4H3. The molecule has 92 valence electrons. The second-order valence-electron chi connectivity index (χ2n) is 4.97. The molecule has 0 N–H and O–H groups in total. The molecule has 0 aromatic rings. The van der Waals surface area contributed by atoms with E-state index < -0.39 is 11.9 Å². The number of ether oxygens (including phenoxy) is 2. The predicted octanol–water partition coefficient (Wildman–Crippen LogP) is 1.47. The molecule has 2 aliphatic carbocycles. The average molecular weight is 236 g/mol. The van der Waals surface area contributed by atoms with Gasteiger partial charge in [0.1, 0.15) is 0 Å². The van der Waals surface area contributed by atoms with Crippen molar-refractivity contribution >= 4 is 11.9 Å². The van der Waals surface area contributed by atoms with Gasteiger partial charge in [-0.05, 0) is 5.41 Å². The molecule has 0 radical (unpaired) electrons. The maximum Gasteiger partial charge on any atom is 0.334 e. The highest BCUT2D eigenvalue weighted by atomic mass is 16.5. The minimum Gasteiger partial charge on any atom is -0.466 e. The number of rotatable bonds is 2. The van der Waals surface area contributed by atoms with Crippen molar-refractivity contribution in [2.24, 2.45) is 17.3 Å². The molecule has 0 saturated heterocycles. The highest BCUT2D eigenvalue weighted by Crippen LogP contribution is 2.56. The van der Waals surface area contributed by atoms with Gasteiger partial charge in [-0.15, -0.1) is 0 Å². The molecule has 0 aromatic carbocycles. The van der Waals surface area contributed by atoms with Gasteiger partial charge in [-0.3, -0.25) is 0 Å². The summed E-state index contributed by atoms with van der Waals surface area (Å²) < 4.78 is 9.53. The lowest BCUT2D eigenvalue weighted by molar-refractivity contribution is -0.139. The Balaban J connectivity index is 2.52. The summed E-state index contributed by atoms with van der Waals surface area (Å²) in [4.78, 5) is 23.6. The molecule has 0 heterocycles. The first-order chi connectivity index (χ1) is 7.95. The van der Waals surface area contributed by atoms with Gasteiger partial charge in [0.05, 0.1) is 25.4 Å².